The lowest BCUT2D eigenvalue weighted by molar-refractivity contribution is -0.140. The largest absolute Gasteiger partial charge is 0.480 e. The first-order valence-electron chi connectivity index (χ1n) is 4.96. The molecule has 6 nitrogen and oxygen atoms in total. The van der Waals surface area contributed by atoms with E-state index in [1.807, 2.05) is 0 Å². The molecular formula is C9H16N2O4. The molecule has 1 aliphatic rings. The Kier molecular flexibility index (Phi) is 5.06. The molecule has 0 saturated carbocycles. The smallest absolute Gasteiger partial charge is 0.326 e. The third-order valence-electron chi connectivity index (χ3n) is 2.41. The minimum absolute atomic E-state index is 0.425. The summed E-state index contributed by atoms with van der Waals surface area (Å²) in [7, 11) is 0. The summed E-state index contributed by atoms with van der Waals surface area (Å²) in [6.45, 7) is 3.71. The number of hydrogen-bond donors (Lipinski definition) is 2. The molecule has 1 unspecified atom stereocenters. The van der Waals surface area contributed by atoms with Crippen LogP contribution in [-0.2, 0) is 14.3 Å². The summed E-state index contributed by atoms with van der Waals surface area (Å²) in [5.41, 5.74) is 0. The number of amides is 1. The van der Waals surface area contributed by atoms with E-state index >= 15 is 0 Å². The van der Waals surface area contributed by atoms with Gasteiger partial charge in [0.1, 0.15) is 6.04 Å². The number of morpholine rings is 1. The van der Waals surface area contributed by atoms with Crippen LogP contribution in [0.3, 0.4) is 0 Å². The van der Waals surface area contributed by atoms with E-state index in [0.717, 1.165) is 13.1 Å². The Morgan fingerprint density at radius 1 is 1.53 bits per heavy atom. The number of carbonyl (C=O) groups excluding carboxylic acids is 1. The first kappa shape index (κ1) is 11.9. The number of carboxylic acids is 1. The van der Waals surface area contributed by atoms with Crippen LogP contribution in [0, 0.1) is 0 Å². The summed E-state index contributed by atoms with van der Waals surface area (Å²) in [4.78, 5) is 23.0. The number of rotatable bonds is 6. The Labute approximate surface area is 88.2 Å². The predicted octanol–water partition coefficient (Wildman–Crippen LogP) is -1.09. The van der Waals surface area contributed by atoms with Crippen molar-refractivity contribution >= 4 is 12.4 Å². The molecule has 86 valence electrons. The highest BCUT2D eigenvalue weighted by Crippen LogP contribution is 2.00. The van der Waals surface area contributed by atoms with Crippen molar-refractivity contribution in [2.45, 2.75) is 12.5 Å². The van der Waals surface area contributed by atoms with Crippen molar-refractivity contribution in [3.8, 4) is 0 Å². The molecular weight excluding hydrogens is 200 g/mol. The molecule has 1 amide bonds. The van der Waals surface area contributed by atoms with Crippen molar-refractivity contribution < 1.29 is 19.4 Å². The average molecular weight is 216 g/mol. The zero-order chi connectivity index (χ0) is 11.1. The fraction of sp³-hybridized carbons (Fsp3) is 0.778. The standard InChI is InChI=1S/C9H16N2O4/c12-7-10-8(9(13)14)1-2-11-3-5-15-6-4-11/h7-8H,1-6H2,(H,10,12)(H,13,14). The van der Waals surface area contributed by atoms with E-state index in [-0.39, 0.29) is 0 Å². The zero-order valence-corrected chi connectivity index (χ0v) is 8.52. The molecule has 2 N–H and O–H groups in total. The van der Waals surface area contributed by atoms with Crippen LogP contribution >= 0.6 is 0 Å². The first-order valence-corrected chi connectivity index (χ1v) is 4.96. The molecule has 1 rings (SSSR count). The van der Waals surface area contributed by atoms with E-state index in [2.05, 4.69) is 10.2 Å². The van der Waals surface area contributed by atoms with E-state index < -0.39 is 12.0 Å². The van der Waals surface area contributed by atoms with Gasteiger partial charge in [-0.3, -0.25) is 9.69 Å². The molecule has 1 heterocycles. The van der Waals surface area contributed by atoms with Crippen LogP contribution in [0.25, 0.3) is 0 Å². The fourth-order valence-corrected chi connectivity index (χ4v) is 1.50. The topological polar surface area (TPSA) is 78.9 Å². The third kappa shape index (κ3) is 4.26. The summed E-state index contributed by atoms with van der Waals surface area (Å²) in [6.07, 6.45) is 0.853. The monoisotopic (exact) mass is 216 g/mol. The van der Waals surface area contributed by atoms with Gasteiger partial charge in [-0.25, -0.2) is 4.79 Å². The lowest BCUT2D eigenvalue weighted by Crippen LogP contribution is -2.42. The molecule has 0 aromatic carbocycles. The molecule has 1 saturated heterocycles. The molecule has 0 radical (unpaired) electrons. The van der Waals surface area contributed by atoms with Crippen molar-refractivity contribution in [2.24, 2.45) is 0 Å². The van der Waals surface area contributed by atoms with E-state index in [9.17, 15) is 9.59 Å². The van der Waals surface area contributed by atoms with Gasteiger partial charge >= 0.3 is 5.97 Å². The van der Waals surface area contributed by atoms with Crippen molar-refractivity contribution in [2.75, 3.05) is 32.8 Å². The van der Waals surface area contributed by atoms with Gasteiger partial charge in [0, 0.05) is 19.6 Å². The molecule has 0 aliphatic carbocycles. The minimum atomic E-state index is -0.990. The summed E-state index contributed by atoms with van der Waals surface area (Å²) >= 11 is 0. The van der Waals surface area contributed by atoms with Crippen LogP contribution in [0.15, 0.2) is 0 Å². The Hall–Kier alpha value is -1.14. The van der Waals surface area contributed by atoms with Crippen molar-refractivity contribution in [3.05, 3.63) is 0 Å². The summed E-state index contributed by atoms with van der Waals surface area (Å²) < 4.78 is 5.17. The van der Waals surface area contributed by atoms with Crippen LogP contribution in [0.4, 0.5) is 0 Å². The SMILES string of the molecule is O=CNC(CCN1CCOCC1)C(=O)O. The maximum absolute atomic E-state index is 10.7. The van der Waals surface area contributed by atoms with Gasteiger partial charge in [0.05, 0.1) is 13.2 Å². The maximum Gasteiger partial charge on any atom is 0.326 e. The number of hydrogen-bond acceptors (Lipinski definition) is 4. The number of carboxylic acid groups (broad SMARTS) is 1. The van der Waals surface area contributed by atoms with Gasteiger partial charge < -0.3 is 15.2 Å². The van der Waals surface area contributed by atoms with Crippen LogP contribution < -0.4 is 5.32 Å². The van der Waals surface area contributed by atoms with Gasteiger partial charge in [0.25, 0.3) is 0 Å². The molecule has 15 heavy (non-hydrogen) atoms. The number of nitrogens with one attached hydrogen (secondary N) is 1. The third-order valence-corrected chi connectivity index (χ3v) is 2.41. The van der Waals surface area contributed by atoms with Gasteiger partial charge in [0.15, 0.2) is 0 Å². The Morgan fingerprint density at radius 2 is 2.20 bits per heavy atom. The number of nitrogens with zero attached hydrogens (tertiary/aromatic N) is 1. The van der Waals surface area contributed by atoms with Crippen LogP contribution in [0.5, 0.6) is 0 Å². The van der Waals surface area contributed by atoms with Gasteiger partial charge in [-0.05, 0) is 6.42 Å². The van der Waals surface area contributed by atoms with Gasteiger partial charge in [-0.2, -0.15) is 0 Å². The van der Waals surface area contributed by atoms with E-state index in [1.165, 1.54) is 0 Å². The molecule has 0 bridgehead atoms. The lowest BCUT2D eigenvalue weighted by atomic mass is 10.2. The fourth-order valence-electron chi connectivity index (χ4n) is 1.50. The highest BCUT2D eigenvalue weighted by atomic mass is 16.5. The van der Waals surface area contributed by atoms with E-state index in [0.29, 0.717) is 32.6 Å². The quantitative estimate of drug-likeness (QED) is 0.551. The number of carbonyl (C=O) groups is 2. The highest BCUT2D eigenvalue weighted by molar-refractivity contribution is 5.76. The summed E-state index contributed by atoms with van der Waals surface area (Å²) in [5.74, 6) is -0.990. The average Bonchev–Trinajstić information content (AvgIpc) is 2.25. The lowest BCUT2D eigenvalue weighted by Gasteiger charge is -2.27. The maximum atomic E-state index is 10.7. The Morgan fingerprint density at radius 3 is 2.73 bits per heavy atom. The minimum Gasteiger partial charge on any atom is -0.480 e. The first-order chi connectivity index (χ1) is 7.24. The second-order valence-electron chi connectivity index (χ2n) is 3.42. The van der Waals surface area contributed by atoms with Crippen LogP contribution in [0.2, 0.25) is 0 Å². The zero-order valence-electron chi connectivity index (χ0n) is 8.52. The normalized spacial score (nSPS) is 19.5. The highest BCUT2D eigenvalue weighted by Gasteiger charge is 2.18. The van der Waals surface area contributed by atoms with Gasteiger partial charge in [-0.1, -0.05) is 0 Å². The Bertz CT molecular complexity index is 216. The van der Waals surface area contributed by atoms with Gasteiger partial charge in [0.2, 0.25) is 6.41 Å². The number of ether oxygens (including phenoxy) is 1. The second-order valence-corrected chi connectivity index (χ2v) is 3.42. The molecule has 1 fully saturated rings. The molecule has 1 atom stereocenters. The van der Waals surface area contributed by atoms with Gasteiger partial charge in [-0.15, -0.1) is 0 Å². The summed E-state index contributed by atoms with van der Waals surface area (Å²) in [5, 5.41) is 11.1. The summed E-state index contributed by atoms with van der Waals surface area (Å²) in [6, 6.07) is -0.787. The number of aliphatic carboxylic acids is 1. The predicted molar refractivity (Wildman–Crippen MR) is 52.5 cm³/mol. The van der Waals surface area contributed by atoms with E-state index in [1.54, 1.807) is 0 Å². The molecule has 0 aromatic heterocycles. The molecule has 0 aromatic rings. The second kappa shape index (κ2) is 6.36. The Balaban J connectivity index is 2.25. The van der Waals surface area contributed by atoms with Crippen molar-refractivity contribution in [3.63, 3.8) is 0 Å². The van der Waals surface area contributed by atoms with Crippen molar-refractivity contribution in [1.82, 2.24) is 10.2 Å². The van der Waals surface area contributed by atoms with Crippen molar-refractivity contribution in [1.29, 1.82) is 0 Å². The molecule has 0 spiro atoms. The molecule has 6 heteroatoms. The van der Waals surface area contributed by atoms with Crippen LogP contribution in [-0.4, -0.2) is 61.3 Å². The van der Waals surface area contributed by atoms with Crippen LogP contribution in [0.1, 0.15) is 6.42 Å². The van der Waals surface area contributed by atoms with E-state index in [4.69, 9.17) is 9.84 Å². The molecule has 1 aliphatic heterocycles.